The maximum absolute atomic E-state index is 12.7. The van der Waals surface area contributed by atoms with E-state index < -0.39 is 0 Å². The zero-order valence-corrected chi connectivity index (χ0v) is 17.6. The van der Waals surface area contributed by atoms with E-state index in [-0.39, 0.29) is 29.9 Å². The average molecular weight is 394 g/mol. The second-order valence-corrected chi connectivity index (χ2v) is 8.15. The van der Waals surface area contributed by atoms with Gasteiger partial charge in [-0.05, 0) is 62.1 Å². The van der Waals surface area contributed by atoms with Gasteiger partial charge in [0.05, 0.1) is 12.0 Å². The highest BCUT2D eigenvalue weighted by Crippen LogP contribution is 2.31. The highest BCUT2D eigenvalue weighted by molar-refractivity contribution is 5.83. The van der Waals surface area contributed by atoms with Crippen LogP contribution in [0.4, 0.5) is 0 Å². The van der Waals surface area contributed by atoms with Crippen molar-refractivity contribution < 1.29 is 14.3 Å². The summed E-state index contributed by atoms with van der Waals surface area (Å²) in [4.78, 5) is 24.0. The fourth-order valence-electron chi connectivity index (χ4n) is 4.16. The van der Waals surface area contributed by atoms with Crippen LogP contribution in [0.3, 0.4) is 0 Å². The fourth-order valence-corrected chi connectivity index (χ4v) is 4.16. The molecule has 4 nitrogen and oxygen atoms in total. The fraction of sp³-hybridized carbons (Fsp3) is 0.440. The van der Waals surface area contributed by atoms with Gasteiger partial charge in [0.2, 0.25) is 5.91 Å². The standard InChI is InChI=1S/C25H31NO3/c1-17(25(28)26-18(2)22-8-5-4-6-9-22)21-14-12-20(13-15-21)16-23-10-7-11-24(23)29-19(3)27/h4-6,8-9,12-15,17-18,23-24H,7,10-11,16H2,1-3H3,(H,26,28)/t17?,18-,23-,24+/m0/s1. The lowest BCUT2D eigenvalue weighted by Gasteiger charge is -2.20. The average Bonchev–Trinajstić information content (AvgIpc) is 3.14. The number of hydrogen-bond acceptors (Lipinski definition) is 3. The van der Waals surface area contributed by atoms with Gasteiger partial charge >= 0.3 is 5.97 Å². The number of benzene rings is 2. The van der Waals surface area contributed by atoms with Crippen molar-refractivity contribution in [1.29, 1.82) is 0 Å². The predicted octanol–water partition coefficient (Wildman–Crippen LogP) is 4.94. The Kier molecular flexibility index (Phi) is 7.08. The summed E-state index contributed by atoms with van der Waals surface area (Å²) in [6, 6.07) is 18.3. The van der Waals surface area contributed by atoms with Gasteiger partial charge in [0.1, 0.15) is 6.10 Å². The first-order valence-corrected chi connectivity index (χ1v) is 10.6. The number of hydrogen-bond donors (Lipinski definition) is 1. The van der Waals surface area contributed by atoms with E-state index in [0.717, 1.165) is 36.8 Å². The summed E-state index contributed by atoms with van der Waals surface area (Å²) in [7, 11) is 0. The van der Waals surface area contributed by atoms with E-state index in [9.17, 15) is 9.59 Å². The number of nitrogens with one attached hydrogen (secondary N) is 1. The summed E-state index contributed by atoms with van der Waals surface area (Å²) in [5.41, 5.74) is 3.33. The van der Waals surface area contributed by atoms with Gasteiger partial charge in [-0.2, -0.15) is 0 Å². The van der Waals surface area contributed by atoms with Crippen molar-refractivity contribution in [1.82, 2.24) is 5.32 Å². The van der Waals surface area contributed by atoms with Crippen LogP contribution in [0.1, 0.15) is 68.7 Å². The van der Waals surface area contributed by atoms with E-state index in [1.807, 2.05) is 56.3 Å². The van der Waals surface area contributed by atoms with Gasteiger partial charge in [0, 0.05) is 6.92 Å². The first-order chi connectivity index (χ1) is 13.9. The Bertz CT molecular complexity index is 816. The van der Waals surface area contributed by atoms with Crippen molar-refractivity contribution >= 4 is 11.9 Å². The van der Waals surface area contributed by atoms with E-state index in [1.54, 1.807) is 0 Å². The molecule has 3 rings (SSSR count). The molecule has 154 valence electrons. The number of ether oxygens (including phenoxy) is 1. The quantitative estimate of drug-likeness (QED) is 0.678. The van der Waals surface area contributed by atoms with Crippen molar-refractivity contribution in [2.24, 2.45) is 5.92 Å². The molecule has 1 aliphatic carbocycles. The third kappa shape index (κ3) is 5.69. The zero-order valence-electron chi connectivity index (χ0n) is 17.6. The zero-order chi connectivity index (χ0) is 20.8. The number of rotatable bonds is 7. The largest absolute Gasteiger partial charge is 0.462 e. The van der Waals surface area contributed by atoms with Crippen LogP contribution in [-0.4, -0.2) is 18.0 Å². The third-order valence-corrected chi connectivity index (χ3v) is 5.94. The second-order valence-electron chi connectivity index (χ2n) is 8.15. The second kappa shape index (κ2) is 9.73. The van der Waals surface area contributed by atoms with Gasteiger partial charge in [0.15, 0.2) is 0 Å². The number of carbonyl (C=O) groups is 2. The van der Waals surface area contributed by atoms with E-state index in [4.69, 9.17) is 4.74 Å². The molecule has 0 heterocycles. The Balaban J connectivity index is 1.57. The van der Waals surface area contributed by atoms with Crippen LogP contribution >= 0.6 is 0 Å². The number of amides is 1. The van der Waals surface area contributed by atoms with Crippen molar-refractivity contribution in [2.45, 2.75) is 64.5 Å². The molecule has 0 aromatic heterocycles. The molecule has 0 radical (unpaired) electrons. The van der Waals surface area contributed by atoms with Gasteiger partial charge in [-0.1, -0.05) is 54.6 Å². The SMILES string of the molecule is CC(=O)O[C@@H]1CCC[C@H]1Cc1ccc(C(C)C(=O)N[C@@H](C)c2ccccc2)cc1. The summed E-state index contributed by atoms with van der Waals surface area (Å²) in [6.07, 6.45) is 4.10. The Morgan fingerprint density at radius 1 is 1.00 bits per heavy atom. The van der Waals surface area contributed by atoms with Gasteiger partial charge in [0.25, 0.3) is 0 Å². The van der Waals surface area contributed by atoms with Crippen LogP contribution in [0.2, 0.25) is 0 Å². The Morgan fingerprint density at radius 2 is 1.69 bits per heavy atom. The topological polar surface area (TPSA) is 55.4 Å². The van der Waals surface area contributed by atoms with Crippen LogP contribution in [-0.2, 0) is 20.7 Å². The van der Waals surface area contributed by atoms with Crippen molar-refractivity contribution in [3.8, 4) is 0 Å². The van der Waals surface area contributed by atoms with Crippen LogP contribution in [0.25, 0.3) is 0 Å². The van der Waals surface area contributed by atoms with E-state index in [1.165, 1.54) is 12.5 Å². The minimum atomic E-state index is -0.213. The molecule has 2 aromatic carbocycles. The van der Waals surface area contributed by atoms with Crippen molar-refractivity contribution in [3.05, 3.63) is 71.3 Å². The van der Waals surface area contributed by atoms with E-state index in [2.05, 4.69) is 17.4 Å². The van der Waals surface area contributed by atoms with Crippen LogP contribution in [0.5, 0.6) is 0 Å². The highest BCUT2D eigenvalue weighted by atomic mass is 16.5. The lowest BCUT2D eigenvalue weighted by molar-refractivity contribution is -0.148. The van der Waals surface area contributed by atoms with Crippen molar-refractivity contribution in [3.63, 3.8) is 0 Å². The molecule has 1 fully saturated rings. The third-order valence-electron chi connectivity index (χ3n) is 5.94. The highest BCUT2D eigenvalue weighted by Gasteiger charge is 2.29. The molecule has 1 amide bonds. The molecule has 0 saturated heterocycles. The number of esters is 1. The molecule has 1 saturated carbocycles. The lowest BCUT2D eigenvalue weighted by Crippen LogP contribution is -2.30. The van der Waals surface area contributed by atoms with E-state index in [0.29, 0.717) is 5.92 Å². The van der Waals surface area contributed by atoms with Gasteiger partial charge in [-0.3, -0.25) is 9.59 Å². The summed E-state index contributed by atoms with van der Waals surface area (Å²) in [5.74, 6) is 0.00863. The molecule has 29 heavy (non-hydrogen) atoms. The van der Waals surface area contributed by atoms with Gasteiger partial charge < -0.3 is 10.1 Å². The summed E-state index contributed by atoms with van der Waals surface area (Å²) >= 11 is 0. The molecular formula is C25H31NO3. The van der Waals surface area contributed by atoms with Crippen LogP contribution < -0.4 is 5.32 Å². The smallest absolute Gasteiger partial charge is 0.302 e. The monoisotopic (exact) mass is 393 g/mol. The van der Waals surface area contributed by atoms with Crippen molar-refractivity contribution in [2.75, 3.05) is 0 Å². The molecule has 0 spiro atoms. The van der Waals surface area contributed by atoms with Crippen LogP contribution in [0, 0.1) is 5.92 Å². The minimum Gasteiger partial charge on any atom is -0.462 e. The maximum Gasteiger partial charge on any atom is 0.302 e. The normalized spacial score (nSPS) is 20.7. The minimum absolute atomic E-state index is 0.0222. The molecule has 4 atom stereocenters. The molecule has 1 unspecified atom stereocenters. The molecule has 4 heteroatoms. The Labute approximate surface area is 173 Å². The Morgan fingerprint density at radius 3 is 2.34 bits per heavy atom. The molecule has 2 aromatic rings. The van der Waals surface area contributed by atoms with Crippen LogP contribution in [0.15, 0.2) is 54.6 Å². The first-order valence-electron chi connectivity index (χ1n) is 10.6. The van der Waals surface area contributed by atoms with Gasteiger partial charge in [-0.15, -0.1) is 0 Å². The number of carbonyl (C=O) groups excluding carboxylic acids is 2. The Hall–Kier alpha value is -2.62. The maximum atomic E-state index is 12.7. The summed E-state index contributed by atoms with van der Waals surface area (Å²) in [5, 5.41) is 3.10. The first kappa shape index (κ1) is 21.1. The molecule has 0 bridgehead atoms. The van der Waals surface area contributed by atoms with E-state index >= 15 is 0 Å². The molecule has 0 aliphatic heterocycles. The molecular weight excluding hydrogens is 362 g/mol. The summed E-state index contributed by atoms with van der Waals surface area (Å²) < 4.78 is 5.47. The lowest BCUT2D eigenvalue weighted by atomic mass is 9.93. The summed E-state index contributed by atoms with van der Waals surface area (Å²) in [6.45, 7) is 5.43. The molecule has 1 aliphatic rings. The molecule has 1 N–H and O–H groups in total. The van der Waals surface area contributed by atoms with Gasteiger partial charge in [-0.25, -0.2) is 0 Å². The predicted molar refractivity (Wildman–Crippen MR) is 114 cm³/mol.